The van der Waals surface area contributed by atoms with Crippen molar-refractivity contribution in [3.05, 3.63) is 52.5 Å². The van der Waals surface area contributed by atoms with Crippen LogP contribution in [0, 0.1) is 0 Å². The lowest BCUT2D eigenvalue weighted by Gasteiger charge is -2.15. The van der Waals surface area contributed by atoms with Crippen LogP contribution in [0.4, 0.5) is 0 Å². The zero-order chi connectivity index (χ0) is 17.9. The van der Waals surface area contributed by atoms with Gasteiger partial charge in [0, 0.05) is 30.0 Å². The fourth-order valence-electron chi connectivity index (χ4n) is 3.11. The largest absolute Gasteiger partial charge is 0.497 e. The Hall–Kier alpha value is -2.67. The molecule has 3 heterocycles. The van der Waals surface area contributed by atoms with Crippen molar-refractivity contribution in [2.75, 3.05) is 20.2 Å². The molecule has 3 aromatic rings. The number of methoxy groups -OCH3 is 1. The van der Waals surface area contributed by atoms with Gasteiger partial charge >= 0.3 is 0 Å². The van der Waals surface area contributed by atoms with Gasteiger partial charge in [-0.1, -0.05) is 11.2 Å². The minimum Gasteiger partial charge on any atom is -0.497 e. The molecule has 134 valence electrons. The van der Waals surface area contributed by atoms with E-state index in [0.717, 1.165) is 24.3 Å². The number of hydrogen-bond acceptors (Lipinski definition) is 6. The van der Waals surface area contributed by atoms with Gasteiger partial charge in [-0.3, -0.25) is 4.79 Å². The Kier molecular flexibility index (Phi) is 4.71. The molecule has 1 unspecified atom stereocenters. The summed E-state index contributed by atoms with van der Waals surface area (Å²) in [6, 6.07) is 11.6. The lowest BCUT2D eigenvalue weighted by Crippen LogP contribution is -2.27. The van der Waals surface area contributed by atoms with Crippen LogP contribution in [0.1, 0.15) is 23.1 Å². The van der Waals surface area contributed by atoms with Crippen LogP contribution in [-0.4, -0.2) is 41.1 Å². The van der Waals surface area contributed by atoms with E-state index >= 15 is 0 Å². The summed E-state index contributed by atoms with van der Waals surface area (Å²) in [5.41, 5.74) is 0.861. The van der Waals surface area contributed by atoms with Crippen molar-refractivity contribution in [1.29, 1.82) is 0 Å². The highest BCUT2D eigenvalue weighted by atomic mass is 32.1. The van der Waals surface area contributed by atoms with E-state index in [9.17, 15) is 4.79 Å². The minimum atomic E-state index is -0.0367. The molecule has 1 fully saturated rings. The first kappa shape index (κ1) is 16.8. The van der Waals surface area contributed by atoms with Crippen molar-refractivity contribution in [3.63, 3.8) is 0 Å². The predicted octanol–water partition coefficient (Wildman–Crippen LogP) is 3.37. The maximum absolute atomic E-state index is 12.3. The number of rotatable bonds is 6. The Labute approximate surface area is 155 Å². The number of ether oxygens (including phenoxy) is 1. The first-order valence-electron chi connectivity index (χ1n) is 8.51. The van der Waals surface area contributed by atoms with Gasteiger partial charge < -0.3 is 14.2 Å². The van der Waals surface area contributed by atoms with Crippen LogP contribution in [0.15, 0.2) is 46.3 Å². The van der Waals surface area contributed by atoms with Crippen LogP contribution in [0.25, 0.3) is 11.4 Å². The van der Waals surface area contributed by atoms with E-state index < -0.39 is 0 Å². The molecule has 2 aromatic heterocycles. The van der Waals surface area contributed by atoms with Gasteiger partial charge in [0.25, 0.3) is 0 Å². The molecule has 7 heteroatoms. The molecule has 0 radical (unpaired) electrons. The zero-order valence-corrected chi connectivity index (χ0v) is 15.2. The van der Waals surface area contributed by atoms with Crippen LogP contribution in [0.2, 0.25) is 0 Å². The Bertz CT molecular complexity index is 874. The van der Waals surface area contributed by atoms with Crippen molar-refractivity contribution in [2.45, 2.75) is 18.8 Å². The summed E-state index contributed by atoms with van der Waals surface area (Å²) in [4.78, 5) is 20.0. The maximum atomic E-state index is 12.3. The predicted molar refractivity (Wildman–Crippen MR) is 98.2 cm³/mol. The molecule has 0 spiro atoms. The van der Waals surface area contributed by atoms with Gasteiger partial charge in [-0.25, -0.2) is 0 Å². The summed E-state index contributed by atoms with van der Waals surface area (Å²) in [5.74, 6) is 1.95. The highest BCUT2D eigenvalue weighted by Gasteiger charge is 2.34. The number of benzene rings is 1. The van der Waals surface area contributed by atoms with Gasteiger partial charge in [-0.2, -0.15) is 4.98 Å². The normalized spacial score (nSPS) is 17.0. The zero-order valence-electron chi connectivity index (χ0n) is 14.4. The van der Waals surface area contributed by atoms with Crippen LogP contribution in [0.5, 0.6) is 5.75 Å². The number of carbonyl (C=O) groups excluding carboxylic acids is 1. The minimum absolute atomic E-state index is 0.0367. The van der Waals surface area contributed by atoms with Crippen LogP contribution < -0.4 is 4.74 Å². The number of thiophene rings is 1. The van der Waals surface area contributed by atoms with Crippen molar-refractivity contribution >= 4 is 17.2 Å². The molecule has 1 aliphatic heterocycles. The van der Waals surface area contributed by atoms with Crippen molar-refractivity contribution in [1.82, 2.24) is 15.0 Å². The monoisotopic (exact) mass is 369 g/mol. The third kappa shape index (κ3) is 3.48. The molecular weight excluding hydrogens is 350 g/mol. The SMILES string of the molecule is COc1ccc(-c2noc(C3CC(=O)N(CCc4cccs4)C3)n2)cc1. The molecule has 1 amide bonds. The van der Waals surface area contributed by atoms with Gasteiger partial charge in [0.2, 0.25) is 17.6 Å². The van der Waals surface area contributed by atoms with Gasteiger partial charge in [0.15, 0.2) is 0 Å². The van der Waals surface area contributed by atoms with Crippen molar-refractivity contribution in [3.8, 4) is 17.1 Å². The second kappa shape index (κ2) is 7.29. The molecule has 0 aliphatic carbocycles. The van der Waals surface area contributed by atoms with E-state index in [1.807, 2.05) is 35.2 Å². The molecule has 0 bridgehead atoms. The molecule has 1 aromatic carbocycles. The van der Waals surface area contributed by atoms with E-state index in [2.05, 4.69) is 21.6 Å². The average molecular weight is 369 g/mol. The van der Waals surface area contributed by atoms with Crippen molar-refractivity contribution < 1.29 is 14.1 Å². The molecular formula is C19H19N3O3S. The van der Waals surface area contributed by atoms with Gasteiger partial charge in [-0.05, 0) is 42.1 Å². The summed E-state index contributed by atoms with van der Waals surface area (Å²) in [5, 5.41) is 6.13. The summed E-state index contributed by atoms with van der Waals surface area (Å²) in [6.07, 6.45) is 1.31. The quantitative estimate of drug-likeness (QED) is 0.666. The number of aromatic nitrogens is 2. The summed E-state index contributed by atoms with van der Waals surface area (Å²) >= 11 is 1.72. The first-order chi connectivity index (χ1) is 12.7. The summed E-state index contributed by atoms with van der Waals surface area (Å²) in [7, 11) is 1.63. The number of nitrogens with zero attached hydrogens (tertiary/aromatic N) is 3. The number of likely N-dealkylation sites (tertiary alicyclic amines) is 1. The summed E-state index contributed by atoms with van der Waals surface area (Å²) in [6.45, 7) is 1.36. The number of hydrogen-bond donors (Lipinski definition) is 0. The summed E-state index contributed by atoms with van der Waals surface area (Å²) < 4.78 is 10.6. The third-order valence-electron chi connectivity index (χ3n) is 4.56. The molecule has 6 nitrogen and oxygen atoms in total. The first-order valence-corrected chi connectivity index (χ1v) is 9.39. The molecule has 1 saturated heterocycles. The Morgan fingerprint density at radius 3 is 2.88 bits per heavy atom. The number of carbonyl (C=O) groups is 1. The number of amides is 1. The van der Waals surface area contributed by atoms with Gasteiger partial charge in [-0.15, -0.1) is 11.3 Å². The lowest BCUT2D eigenvalue weighted by atomic mass is 10.1. The molecule has 0 saturated carbocycles. The topological polar surface area (TPSA) is 68.5 Å². The Balaban J connectivity index is 1.41. The second-order valence-corrected chi connectivity index (χ2v) is 7.29. The van der Waals surface area contributed by atoms with E-state index in [1.54, 1.807) is 18.4 Å². The van der Waals surface area contributed by atoms with Crippen LogP contribution >= 0.6 is 11.3 Å². The van der Waals surface area contributed by atoms with Crippen molar-refractivity contribution in [2.24, 2.45) is 0 Å². The maximum Gasteiger partial charge on any atom is 0.232 e. The molecule has 0 N–H and O–H groups in total. The molecule has 26 heavy (non-hydrogen) atoms. The van der Waals surface area contributed by atoms with Crippen LogP contribution in [0.3, 0.4) is 0 Å². The van der Waals surface area contributed by atoms with Gasteiger partial charge in [0.1, 0.15) is 5.75 Å². The highest BCUT2D eigenvalue weighted by molar-refractivity contribution is 7.09. The smallest absolute Gasteiger partial charge is 0.232 e. The van der Waals surface area contributed by atoms with E-state index in [4.69, 9.17) is 9.26 Å². The fourth-order valence-corrected chi connectivity index (χ4v) is 3.81. The van der Waals surface area contributed by atoms with Crippen LogP contribution in [-0.2, 0) is 11.2 Å². The third-order valence-corrected chi connectivity index (χ3v) is 5.50. The van der Waals surface area contributed by atoms with E-state index in [1.165, 1.54) is 4.88 Å². The molecule has 1 atom stereocenters. The standard InChI is InChI=1S/C19H19N3O3S/c1-24-15-6-4-13(5-7-15)18-20-19(25-21-18)14-11-17(23)22(12-14)9-8-16-3-2-10-26-16/h2-7,10,14H,8-9,11-12H2,1H3. The highest BCUT2D eigenvalue weighted by Crippen LogP contribution is 2.29. The molecule has 1 aliphatic rings. The van der Waals surface area contributed by atoms with Gasteiger partial charge in [0.05, 0.1) is 13.0 Å². The lowest BCUT2D eigenvalue weighted by molar-refractivity contribution is -0.127. The molecule has 4 rings (SSSR count). The fraction of sp³-hybridized carbons (Fsp3) is 0.316. The average Bonchev–Trinajstić information content (AvgIpc) is 3.41. The Morgan fingerprint density at radius 2 is 2.15 bits per heavy atom. The van der Waals surface area contributed by atoms with E-state index in [-0.39, 0.29) is 11.8 Å². The Morgan fingerprint density at radius 1 is 1.31 bits per heavy atom. The second-order valence-electron chi connectivity index (χ2n) is 6.25. The van der Waals surface area contributed by atoms with E-state index in [0.29, 0.717) is 24.7 Å².